The van der Waals surface area contributed by atoms with Crippen LogP contribution in [0.1, 0.15) is 64.5 Å². The Kier molecular flexibility index (Phi) is 8.46. The lowest BCUT2D eigenvalue weighted by Crippen LogP contribution is -2.37. The minimum absolute atomic E-state index is 0.0239. The van der Waals surface area contributed by atoms with Gasteiger partial charge < -0.3 is 14.4 Å². The van der Waals surface area contributed by atoms with E-state index in [0.29, 0.717) is 13.2 Å². The lowest BCUT2D eigenvalue weighted by Gasteiger charge is -2.30. The molecule has 0 bridgehead atoms. The fraction of sp³-hybridized carbons (Fsp3) is 0.600. The van der Waals surface area contributed by atoms with Crippen molar-refractivity contribution in [3.8, 4) is 0 Å². The first-order valence-electron chi connectivity index (χ1n) is 9.00. The average Bonchev–Trinajstić information content (AvgIpc) is 2.53. The molecule has 0 heterocycles. The number of anilines is 1. The van der Waals surface area contributed by atoms with Crippen LogP contribution in [0.5, 0.6) is 0 Å². The number of hydrogen-bond acceptors (Lipinski definition) is 5. The summed E-state index contributed by atoms with van der Waals surface area (Å²) in [7, 11) is 0. The smallest absolute Gasteiger partial charge is 0.325 e. The Labute approximate surface area is 151 Å². The maximum Gasteiger partial charge on any atom is 0.325 e. The fourth-order valence-electron chi connectivity index (χ4n) is 2.82. The Bertz CT molecular complexity index is 535. The molecule has 0 unspecified atom stereocenters. The largest absolute Gasteiger partial charge is 0.465 e. The van der Waals surface area contributed by atoms with Gasteiger partial charge in [0.25, 0.3) is 0 Å². The zero-order valence-corrected chi connectivity index (χ0v) is 16.3. The summed E-state index contributed by atoms with van der Waals surface area (Å²) in [6.45, 7) is 12.7. The van der Waals surface area contributed by atoms with Crippen LogP contribution in [-0.2, 0) is 19.1 Å². The quantitative estimate of drug-likeness (QED) is 0.634. The minimum Gasteiger partial charge on any atom is -0.465 e. The van der Waals surface area contributed by atoms with Crippen molar-refractivity contribution in [1.82, 2.24) is 0 Å². The summed E-state index contributed by atoms with van der Waals surface area (Å²) in [4.78, 5) is 26.0. The molecule has 1 rings (SSSR count). The first-order valence-corrected chi connectivity index (χ1v) is 9.00. The monoisotopic (exact) mass is 349 g/mol. The first kappa shape index (κ1) is 21.0. The van der Waals surface area contributed by atoms with Gasteiger partial charge in [-0.2, -0.15) is 0 Å². The van der Waals surface area contributed by atoms with E-state index in [4.69, 9.17) is 9.47 Å². The average molecular weight is 349 g/mol. The van der Waals surface area contributed by atoms with Gasteiger partial charge in [0.05, 0.1) is 13.2 Å². The predicted molar refractivity (Wildman–Crippen MR) is 100 cm³/mol. The van der Waals surface area contributed by atoms with Crippen molar-refractivity contribution in [2.24, 2.45) is 0 Å². The zero-order chi connectivity index (χ0) is 19.0. The van der Waals surface area contributed by atoms with Crippen LogP contribution in [0.2, 0.25) is 0 Å². The Balaban J connectivity index is 3.35. The Morgan fingerprint density at radius 1 is 0.880 bits per heavy atom. The van der Waals surface area contributed by atoms with Crippen molar-refractivity contribution < 1.29 is 19.1 Å². The van der Waals surface area contributed by atoms with Crippen LogP contribution in [0.3, 0.4) is 0 Å². The lowest BCUT2D eigenvalue weighted by atomic mass is 9.92. The molecule has 0 fully saturated rings. The molecule has 5 nitrogen and oxygen atoms in total. The standard InChI is InChI=1S/C20H31NO4/c1-7-24-18(22)12-21(13-19(23)25-8-2)20-16(14(3)4)10-9-11-17(20)15(5)6/h9-11,14-15H,7-8,12-13H2,1-6H3. The molecule has 1 aromatic carbocycles. The number of hydrogen-bond donors (Lipinski definition) is 0. The van der Waals surface area contributed by atoms with E-state index in [1.807, 2.05) is 6.07 Å². The van der Waals surface area contributed by atoms with Gasteiger partial charge >= 0.3 is 11.9 Å². The molecular weight excluding hydrogens is 318 g/mol. The normalized spacial score (nSPS) is 10.9. The summed E-state index contributed by atoms with van der Waals surface area (Å²) >= 11 is 0. The van der Waals surface area contributed by atoms with Gasteiger partial charge in [-0.3, -0.25) is 9.59 Å². The number of benzene rings is 1. The molecule has 140 valence electrons. The molecule has 0 spiro atoms. The Morgan fingerprint density at radius 3 is 1.60 bits per heavy atom. The summed E-state index contributed by atoms with van der Waals surface area (Å²) in [6, 6.07) is 6.13. The van der Waals surface area contributed by atoms with Crippen molar-refractivity contribution >= 4 is 17.6 Å². The van der Waals surface area contributed by atoms with Crippen LogP contribution in [0.25, 0.3) is 0 Å². The number of para-hydroxylation sites is 1. The summed E-state index contributed by atoms with van der Waals surface area (Å²) < 4.78 is 10.2. The molecule has 0 radical (unpaired) electrons. The maximum absolute atomic E-state index is 12.1. The van der Waals surface area contributed by atoms with Crippen molar-refractivity contribution in [2.75, 3.05) is 31.2 Å². The van der Waals surface area contributed by atoms with E-state index in [1.165, 1.54) is 0 Å². The molecule has 25 heavy (non-hydrogen) atoms. The molecule has 0 saturated heterocycles. The van der Waals surface area contributed by atoms with E-state index < -0.39 is 0 Å². The van der Waals surface area contributed by atoms with Gasteiger partial charge in [0.1, 0.15) is 13.1 Å². The summed E-state index contributed by atoms with van der Waals surface area (Å²) in [5, 5.41) is 0. The summed E-state index contributed by atoms with van der Waals surface area (Å²) in [5.41, 5.74) is 3.16. The number of nitrogens with zero attached hydrogens (tertiary/aromatic N) is 1. The van der Waals surface area contributed by atoms with Crippen LogP contribution in [0, 0.1) is 0 Å². The molecule has 1 aromatic rings. The molecule has 0 amide bonds. The third-order valence-corrected chi connectivity index (χ3v) is 3.91. The molecule has 5 heteroatoms. The lowest BCUT2D eigenvalue weighted by molar-refractivity contribution is -0.142. The van der Waals surface area contributed by atoms with Gasteiger partial charge in [-0.05, 0) is 36.8 Å². The van der Waals surface area contributed by atoms with Crippen LogP contribution >= 0.6 is 0 Å². The Morgan fingerprint density at radius 2 is 1.28 bits per heavy atom. The van der Waals surface area contributed by atoms with Crippen molar-refractivity contribution in [3.63, 3.8) is 0 Å². The van der Waals surface area contributed by atoms with E-state index in [9.17, 15) is 9.59 Å². The third kappa shape index (κ3) is 6.07. The van der Waals surface area contributed by atoms with Crippen LogP contribution in [0.15, 0.2) is 18.2 Å². The summed E-state index contributed by atoms with van der Waals surface area (Å²) in [5.74, 6) is -0.165. The van der Waals surface area contributed by atoms with Gasteiger partial charge in [-0.15, -0.1) is 0 Å². The highest BCUT2D eigenvalue weighted by atomic mass is 16.5. The second kappa shape index (κ2) is 10.1. The highest BCUT2D eigenvalue weighted by Gasteiger charge is 2.24. The molecular formula is C20H31NO4. The van der Waals surface area contributed by atoms with Crippen molar-refractivity contribution in [1.29, 1.82) is 0 Å². The highest BCUT2D eigenvalue weighted by molar-refractivity contribution is 5.83. The first-order chi connectivity index (χ1) is 11.8. The van der Waals surface area contributed by atoms with Crippen LogP contribution in [-0.4, -0.2) is 38.2 Å². The number of ether oxygens (including phenoxy) is 2. The molecule has 0 aromatic heterocycles. The minimum atomic E-state index is -0.347. The highest BCUT2D eigenvalue weighted by Crippen LogP contribution is 2.35. The second-order valence-corrected chi connectivity index (χ2v) is 6.56. The van der Waals surface area contributed by atoms with Gasteiger partial charge in [0.2, 0.25) is 0 Å². The zero-order valence-electron chi connectivity index (χ0n) is 16.3. The number of carbonyl (C=O) groups is 2. The molecule has 0 aliphatic heterocycles. The molecule has 0 aliphatic rings. The Hall–Kier alpha value is -2.04. The summed E-state index contributed by atoms with van der Waals surface area (Å²) in [6.07, 6.45) is 0. The number of carbonyl (C=O) groups excluding carboxylic acids is 2. The fourth-order valence-corrected chi connectivity index (χ4v) is 2.82. The predicted octanol–water partition coefficient (Wildman–Crippen LogP) is 3.87. The molecule has 0 saturated carbocycles. The van der Waals surface area contributed by atoms with Crippen molar-refractivity contribution in [2.45, 2.75) is 53.4 Å². The van der Waals surface area contributed by atoms with Gasteiger partial charge in [0.15, 0.2) is 0 Å². The number of esters is 2. The van der Waals surface area contributed by atoms with Gasteiger partial charge in [-0.1, -0.05) is 45.9 Å². The maximum atomic E-state index is 12.1. The van der Waals surface area contributed by atoms with E-state index in [0.717, 1.165) is 16.8 Å². The van der Waals surface area contributed by atoms with Gasteiger partial charge in [0, 0.05) is 5.69 Å². The van der Waals surface area contributed by atoms with Crippen LogP contribution in [0.4, 0.5) is 5.69 Å². The molecule has 0 N–H and O–H groups in total. The van der Waals surface area contributed by atoms with E-state index in [2.05, 4.69) is 39.8 Å². The SMILES string of the molecule is CCOC(=O)CN(CC(=O)OCC)c1c(C(C)C)cccc1C(C)C. The third-order valence-electron chi connectivity index (χ3n) is 3.91. The van der Waals surface area contributed by atoms with Crippen LogP contribution < -0.4 is 4.90 Å². The second-order valence-electron chi connectivity index (χ2n) is 6.56. The van der Waals surface area contributed by atoms with Crippen molar-refractivity contribution in [3.05, 3.63) is 29.3 Å². The topological polar surface area (TPSA) is 55.8 Å². The molecule has 0 aliphatic carbocycles. The molecule has 0 atom stereocenters. The van der Waals surface area contributed by atoms with E-state index >= 15 is 0 Å². The van der Waals surface area contributed by atoms with E-state index in [1.54, 1.807) is 18.7 Å². The number of rotatable bonds is 9. The van der Waals surface area contributed by atoms with Gasteiger partial charge in [-0.25, -0.2) is 0 Å². The van der Waals surface area contributed by atoms with E-state index in [-0.39, 0.29) is 36.9 Å².